The lowest BCUT2D eigenvalue weighted by Gasteiger charge is -2.44. The van der Waals surface area contributed by atoms with Crippen LogP contribution in [-0.2, 0) is 22.6 Å². The Kier molecular flexibility index (Phi) is 6.93. The summed E-state index contributed by atoms with van der Waals surface area (Å²) in [6, 6.07) is 17.4. The fourth-order valence-corrected chi connectivity index (χ4v) is 4.54. The molecule has 3 aromatic rings. The average molecular weight is 464 g/mol. The number of methoxy groups -OCH3 is 1. The average Bonchev–Trinajstić information content (AvgIpc) is 3.20. The molecular weight excluding hydrogens is 430 g/mol. The Labute approximate surface area is 200 Å². The van der Waals surface area contributed by atoms with E-state index in [1.165, 1.54) is 0 Å². The molecule has 4 rings (SSSR count). The molecule has 0 radical (unpaired) electrons. The quantitative estimate of drug-likeness (QED) is 0.487. The first-order chi connectivity index (χ1) is 16.3. The van der Waals surface area contributed by atoms with Gasteiger partial charge in [-0.1, -0.05) is 36.4 Å². The Morgan fingerprint density at radius 3 is 2.65 bits per heavy atom. The third-order valence-electron chi connectivity index (χ3n) is 6.40. The van der Waals surface area contributed by atoms with Crippen molar-refractivity contribution in [1.29, 1.82) is 0 Å². The van der Waals surface area contributed by atoms with Crippen LogP contribution in [0.4, 0.5) is 0 Å². The van der Waals surface area contributed by atoms with Gasteiger partial charge in [-0.15, -0.1) is 0 Å². The van der Waals surface area contributed by atoms with E-state index in [-0.39, 0.29) is 24.5 Å². The molecule has 0 bridgehead atoms. The molecule has 1 aromatic heterocycles. The first-order valence-corrected chi connectivity index (χ1v) is 11.8. The Balaban J connectivity index is 1.67. The van der Waals surface area contributed by atoms with Crippen LogP contribution in [0.3, 0.4) is 0 Å². The van der Waals surface area contributed by atoms with Gasteiger partial charge in [-0.3, -0.25) is 9.59 Å². The van der Waals surface area contributed by atoms with E-state index in [2.05, 4.69) is 5.32 Å². The SMILES string of the molecule is COc1ccccc1CN1C(=O)c2cc3ccccc3n2CC1(C)C(=O)NCCCOC(C)C. The molecule has 0 saturated heterocycles. The van der Waals surface area contributed by atoms with Crippen molar-refractivity contribution in [1.82, 2.24) is 14.8 Å². The van der Waals surface area contributed by atoms with Crippen LogP contribution in [0.1, 0.15) is 43.2 Å². The van der Waals surface area contributed by atoms with Crippen molar-refractivity contribution >= 4 is 22.7 Å². The van der Waals surface area contributed by atoms with E-state index in [4.69, 9.17) is 9.47 Å². The molecule has 7 nitrogen and oxygen atoms in total. The number of nitrogens with one attached hydrogen (secondary N) is 1. The molecule has 1 aliphatic rings. The molecule has 1 atom stereocenters. The lowest BCUT2D eigenvalue weighted by atomic mass is 9.93. The van der Waals surface area contributed by atoms with Gasteiger partial charge in [-0.2, -0.15) is 0 Å². The first kappa shape index (κ1) is 23.8. The van der Waals surface area contributed by atoms with Gasteiger partial charge in [-0.05, 0) is 45.4 Å². The highest BCUT2D eigenvalue weighted by Gasteiger charge is 2.47. The molecule has 0 saturated carbocycles. The Bertz CT molecular complexity index is 1190. The van der Waals surface area contributed by atoms with Crippen LogP contribution in [0.15, 0.2) is 54.6 Å². The highest BCUT2D eigenvalue weighted by Crippen LogP contribution is 2.34. The number of hydrogen-bond donors (Lipinski definition) is 1. The van der Waals surface area contributed by atoms with Gasteiger partial charge in [0.2, 0.25) is 5.91 Å². The fourth-order valence-electron chi connectivity index (χ4n) is 4.54. The van der Waals surface area contributed by atoms with Gasteiger partial charge in [0.25, 0.3) is 5.91 Å². The van der Waals surface area contributed by atoms with E-state index in [9.17, 15) is 9.59 Å². The molecule has 0 fully saturated rings. The maximum Gasteiger partial charge on any atom is 0.271 e. The van der Waals surface area contributed by atoms with Crippen LogP contribution in [0.5, 0.6) is 5.75 Å². The van der Waals surface area contributed by atoms with Gasteiger partial charge in [-0.25, -0.2) is 0 Å². The molecule has 7 heteroatoms. The number of amides is 2. The van der Waals surface area contributed by atoms with Crippen molar-refractivity contribution in [2.24, 2.45) is 0 Å². The van der Waals surface area contributed by atoms with Crippen molar-refractivity contribution in [2.45, 2.75) is 51.9 Å². The second kappa shape index (κ2) is 9.89. The van der Waals surface area contributed by atoms with E-state index < -0.39 is 5.54 Å². The number of carbonyl (C=O) groups is 2. The predicted octanol–water partition coefficient (Wildman–Crippen LogP) is 4.00. The number of nitrogens with zero attached hydrogens (tertiary/aromatic N) is 2. The fraction of sp³-hybridized carbons (Fsp3) is 0.407. The summed E-state index contributed by atoms with van der Waals surface area (Å²) in [5.74, 6) is 0.341. The summed E-state index contributed by atoms with van der Waals surface area (Å²) in [6.07, 6.45) is 0.860. The minimum Gasteiger partial charge on any atom is -0.496 e. The second-order valence-electron chi connectivity index (χ2n) is 9.18. The van der Waals surface area contributed by atoms with E-state index in [1.807, 2.05) is 79.9 Å². The molecular formula is C27H33N3O4. The third-order valence-corrected chi connectivity index (χ3v) is 6.40. The third kappa shape index (κ3) is 4.53. The van der Waals surface area contributed by atoms with Crippen LogP contribution in [0.25, 0.3) is 10.9 Å². The number of benzene rings is 2. The summed E-state index contributed by atoms with van der Waals surface area (Å²) in [5.41, 5.74) is 1.32. The summed E-state index contributed by atoms with van der Waals surface area (Å²) < 4.78 is 13.1. The van der Waals surface area contributed by atoms with Crippen molar-refractivity contribution in [3.8, 4) is 5.75 Å². The van der Waals surface area contributed by atoms with Gasteiger partial charge >= 0.3 is 0 Å². The van der Waals surface area contributed by atoms with Crippen molar-refractivity contribution < 1.29 is 19.1 Å². The van der Waals surface area contributed by atoms with Crippen LogP contribution < -0.4 is 10.1 Å². The summed E-state index contributed by atoms with van der Waals surface area (Å²) in [7, 11) is 1.61. The number of aromatic nitrogens is 1. The minimum atomic E-state index is -1.08. The summed E-state index contributed by atoms with van der Waals surface area (Å²) in [5, 5.41) is 4.03. The maximum absolute atomic E-state index is 13.8. The number of hydrogen-bond acceptors (Lipinski definition) is 4. The van der Waals surface area contributed by atoms with Crippen LogP contribution in [0, 0.1) is 0 Å². The Morgan fingerprint density at radius 1 is 1.15 bits per heavy atom. The molecule has 0 spiro atoms. The van der Waals surface area contributed by atoms with E-state index in [0.29, 0.717) is 37.6 Å². The van der Waals surface area contributed by atoms with Gasteiger partial charge < -0.3 is 24.3 Å². The number of para-hydroxylation sites is 2. The lowest BCUT2D eigenvalue weighted by Crippen LogP contribution is -2.63. The van der Waals surface area contributed by atoms with Crippen LogP contribution >= 0.6 is 0 Å². The van der Waals surface area contributed by atoms with E-state index in [0.717, 1.165) is 16.5 Å². The van der Waals surface area contributed by atoms with Gasteiger partial charge in [0.1, 0.15) is 17.0 Å². The minimum absolute atomic E-state index is 0.154. The summed E-state index contributed by atoms with van der Waals surface area (Å²) >= 11 is 0. The molecule has 34 heavy (non-hydrogen) atoms. The second-order valence-corrected chi connectivity index (χ2v) is 9.18. The highest BCUT2D eigenvalue weighted by atomic mass is 16.5. The van der Waals surface area contributed by atoms with Gasteiger partial charge in [0.15, 0.2) is 0 Å². The molecule has 1 N–H and O–H groups in total. The van der Waals surface area contributed by atoms with Crippen LogP contribution in [0.2, 0.25) is 0 Å². The monoisotopic (exact) mass is 463 g/mol. The summed E-state index contributed by atoms with van der Waals surface area (Å²) in [6.45, 7) is 7.51. The van der Waals surface area contributed by atoms with Crippen molar-refractivity contribution in [3.63, 3.8) is 0 Å². The molecule has 180 valence electrons. The number of rotatable bonds is 9. The van der Waals surface area contributed by atoms with Crippen LogP contribution in [-0.4, -0.2) is 53.2 Å². The number of fused-ring (bicyclic) bond motifs is 3. The largest absolute Gasteiger partial charge is 0.496 e. The Hall–Kier alpha value is -3.32. The van der Waals surface area contributed by atoms with E-state index >= 15 is 0 Å². The topological polar surface area (TPSA) is 72.8 Å². The summed E-state index contributed by atoms with van der Waals surface area (Å²) in [4.78, 5) is 29.1. The normalized spacial score (nSPS) is 17.8. The van der Waals surface area contributed by atoms with E-state index in [1.54, 1.807) is 12.0 Å². The highest BCUT2D eigenvalue weighted by molar-refractivity contribution is 6.03. The standard InChI is InChI=1S/C27H33N3O4/c1-19(2)34-15-9-14-28-26(32)27(3)18-29-22-12-7-5-10-20(22)16-23(29)25(31)30(27)17-21-11-6-8-13-24(21)33-4/h5-8,10-13,16,19H,9,14-15,17-18H2,1-4H3,(H,28,32). The first-order valence-electron chi connectivity index (χ1n) is 11.8. The predicted molar refractivity (Wildman–Crippen MR) is 132 cm³/mol. The number of carbonyl (C=O) groups excluding carboxylic acids is 2. The van der Waals surface area contributed by atoms with Crippen molar-refractivity contribution in [3.05, 3.63) is 65.9 Å². The zero-order valence-electron chi connectivity index (χ0n) is 20.3. The molecule has 2 aromatic carbocycles. The lowest BCUT2D eigenvalue weighted by molar-refractivity contribution is -0.133. The zero-order chi connectivity index (χ0) is 24.3. The Morgan fingerprint density at radius 2 is 1.88 bits per heavy atom. The molecule has 2 heterocycles. The molecule has 0 aliphatic carbocycles. The zero-order valence-corrected chi connectivity index (χ0v) is 20.3. The molecule has 1 unspecified atom stereocenters. The van der Waals surface area contributed by atoms with Gasteiger partial charge in [0.05, 0.1) is 26.3 Å². The maximum atomic E-state index is 13.8. The molecule has 2 amide bonds. The smallest absolute Gasteiger partial charge is 0.271 e. The van der Waals surface area contributed by atoms with Crippen molar-refractivity contribution in [2.75, 3.05) is 20.3 Å². The molecule has 1 aliphatic heterocycles. The van der Waals surface area contributed by atoms with Gasteiger partial charge in [0, 0.05) is 29.6 Å². The number of ether oxygens (including phenoxy) is 2.